The van der Waals surface area contributed by atoms with Gasteiger partial charge in [-0.25, -0.2) is 4.39 Å². The van der Waals surface area contributed by atoms with Crippen LogP contribution in [0.25, 0.3) is 0 Å². The molecule has 0 saturated carbocycles. The maximum absolute atomic E-state index is 14.1. The second-order valence-corrected chi connectivity index (χ2v) is 6.01. The lowest BCUT2D eigenvalue weighted by Crippen LogP contribution is -2.32. The standard InChI is InChI=1S/C19H19FN2O2/c1-11-7-13-5-6-22-19(24)16(13)10-14(11)8-12-3-4-15(17(20)9-12)18(23)21-2/h3-4,7,9-10H,5-6,8H2,1-2H3,(H,21,23)(H,22,24). The quantitative estimate of drug-likeness (QED) is 0.910. The molecule has 3 rings (SSSR count). The Morgan fingerprint density at radius 1 is 1.29 bits per heavy atom. The van der Waals surface area contributed by atoms with Gasteiger partial charge in [0.1, 0.15) is 5.82 Å². The van der Waals surface area contributed by atoms with E-state index in [0.29, 0.717) is 18.5 Å². The number of aryl methyl sites for hydroxylation is 1. The Kier molecular flexibility index (Phi) is 4.34. The monoisotopic (exact) mass is 326 g/mol. The van der Waals surface area contributed by atoms with E-state index in [1.807, 2.05) is 19.1 Å². The van der Waals surface area contributed by atoms with Crippen LogP contribution in [-0.4, -0.2) is 25.4 Å². The molecule has 0 aromatic heterocycles. The predicted octanol–water partition coefficient (Wildman–Crippen LogP) is 2.37. The number of carbonyl (C=O) groups excluding carboxylic acids is 2. The van der Waals surface area contributed by atoms with Crippen LogP contribution in [0, 0.1) is 12.7 Å². The highest BCUT2D eigenvalue weighted by Gasteiger charge is 2.18. The van der Waals surface area contributed by atoms with Crippen LogP contribution in [0.15, 0.2) is 30.3 Å². The van der Waals surface area contributed by atoms with E-state index in [1.54, 1.807) is 6.07 Å². The molecule has 0 spiro atoms. The van der Waals surface area contributed by atoms with E-state index in [9.17, 15) is 14.0 Å². The fraction of sp³-hybridized carbons (Fsp3) is 0.263. The topological polar surface area (TPSA) is 58.2 Å². The zero-order chi connectivity index (χ0) is 17.3. The lowest BCUT2D eigenvalue weighted by Gasteiger charge is -2.19. The number of amides is 2. The SMILES string of the molecule is CNC(=O)c1ccc(Cc2cc3c(cc2C)CCNC3=O)cc1F. The van der Waals surface area contributed by atoms with E-state index in [0.717, 1.165) is 28.7 Å². The molecule has 2 amide bonds. The van der Waals surface area contributed by atoms with Crippen molar-refractivity contribution in [2.24, 2.45) is 0 Å². The molecular weight excluding hydrogens is 307 g/mol. The Morgan fingerprint density at radius 2 is 2.08 bits per heavy atom. The zero-order valence-corrected chi connectivity index (χ0v) is 13.7. The predicted molar refractivity (Wildman–Crippen MR) is 89.8 cm³/mol. The van der Waals surface area contributed by atoms with Crippen LogP contribution < -0.4 is 10.6 Å². The van der Waals surface area contributed by atoms with Crippen LogP contribution >= 0.6 is 0 Å². The van der Waals surface area contributed by atoms with Gasteiger partial charge in [-0.15, -0.1) is 0 Å². The minimum atomic E-state index is -0.541. The van der Waals surface area contributed by atoms with Crippen molar-refractivity contribution in [1.82, 2.24) is 10.6 Å². The molecular formula is C19H19FN2O2. The van der Waals surface area contributed by atoms with Crippen molar-refractivity contribution in [3.8, 4) is 0 Å². The second-order valence-electron chi connectivity index (χ2n) is 6.01. The first-order valence-electron chi connectivity index (χ1n) is 7.90. The van der Waals surface area contributed by atoms with Gasteiger partial charge < -0.3 is 10.6 Å². The summed E-state index contributed by atoms with van der Waals surface area (Å²) >= 11 is 0. The van der Waals surface area contributed by atoms with Gasteiger partial charge in [-0.3, -0.25) is 9.59 Å². The highest BCUT2D eigenvalue weighted by Crippen LogP contribution is 2.23. The summed E-state index contributed by atoms with van der Waals surface area (Å²) in [6.07, 6.45) is 1.34. The third-order valence-corrected chi connectivity index (χ3v) is 4.39. The van der Waals surface area contributed by atoms with Gasteiger partial charge in [0.05, 0.1) is 5.56 Å². The number of nitrogens with one attached hydrogen (secondary N) is 2. The molecule has 0 saturated heterocycles. The van der Waals surface area contributed by atoms with Crippen LogP contribution in [0.2, 0.25) is 0 Å². The summed E-state index contributed by atoms with van der Waals surface area (Å²) in [4.78, 5) is 23.6. The van der Waals surface area contributed by atoms with Crippen molar-refractivity contribution in [2.75, 3.05) is 13.6 Å². The van der Waals surface area contributed by atoms with Crippen molar-refractivity contribution in [3.63, 3.8) is 0 Å². The summed E-state index contributed by atoms with van der Waals surface area (Å²) in [6.45, 7) is 2.66. The first kappa shape index (κ1) is 16.2. The van der Waals surface area contributed by atoms with Gasteiger partial charge in [0.15, 0.2) is 0 Å². The van der Waals surface area contributed by atoms with E-state index in [1.165, 1.54) is 19.2 Å². The smallest absolute Gasteiger partial charge is 0.253 e. The molecule has 4 nitrogen and oxygen atoms in total. The van der Waals surface area contributed by atoms with Crippen LogP contribution in [-0.2, 0) is 12.8 Å². The molecule has 5 heteroatoms. The minimum absolute atomic E-state index is 0.0304. The van der Waals surface area contributed by atoms with Crippen LogP contribution in [0.5, 0.6) is 0 Å². The Bertz CT molecular complexity index is 830. The molecule has 1 aliphatic heterocycles. The summed E-state index contributed by atoms with van der Waals surface area (Å²) in [5, 5.41) is 5.26. The highest BCUT2D eigenvalue weighted by molar-refractivity contribution is 5.97. The fourth-order valence-electron chi connectivity index (χ4n) is 3.03. The Hall–Kier alpha value is -2.69. The average molecular weight is 326 g/mol. The highest BCUT2D eigenvalue weighted by atomic mass is 19.1. The van der Waals surface area contributed by atoms with Gasteiger partial charge in [0.2, 0.25) is 0 Å². The van der Waals surface area contributed by atoms with E-state index < -0.39 is 11.7 Å². The molecule has 0 bridgehead atoms. The molecule has 1 heterocycles. The van der Waals surface area contributed by atoms with Crippen LogP contribution in [0.3, 0.4) is 0 Å². The van der Waals surface area contributed by atoms with Crippen molar-refractivity contribution in [3.05, 3.63) is 69.5 Å². The Balaban J connectivity index is 1.91. The number of benzene rings is 2. The number of hydrogen-bond donors (Lipinski definition) is 2. The molecule has 2 N–H and O–H groups in total. The molecule has 0 atom stereocenters. The zero-order valence-electron chi connectivity index (χ0n) is 13.7. The summed E-state index contributed by atoms with van der Waals surface area (Å²) in [6, 6.07) is 8.54. The molecule has 24 heavy (non-hydrogen) atoms. The minimum Gasteiger partial charge on any atom is -0.355 e. The van der Waals surface area contributed by atoms with Gasteiger partial charge in [-0.2, -0.15) is 0 Å². The largest absolute Gasteiger partial charge is 0.355 e. The van der Waals surface area contributed by atoms with E-state index >= 15 is 0 Å². The number of hydrogen-bond acceptors (Lipinski definition) is 2. The molecule has 124 valence electrons. The molecule has 0 unspecified atom stereocenters. The molecule has 0 fully saturated rings. The molecule has 0 radical (unpaired) electrons. The molecule has 2 aromatic rings. The van der Waals surface area contributed by atoms with Gasteiger partial charge in [-0.05, 0) is 60.2 Å². The third-order valence-electron chi connectivity index (χ3n) is 4.39. The van der Waals surface area contributed by atoms with Crippen molar-refractivity contribution in [1.29, 1.82) is 0 Å². The molecule has 2 aromatic carbocycles. The second kappa shape index (κ2) is 6.43. The van der Waals surface area contributed by atoms with Crippen LogP contribution in [0.4, 0.5) is 4.39 Å². The summed E-state index contributed by atoms with van der Waals surface area (Å²) < 4.78 is 14.1. The van der Waals surface area contributed by atoms with Crippen molar-refractivity contribution in [2.45, 2.75) is 19.8 Å². The average Bonchev–Trinajstić information content (AvgIpc) is 2.56. The number of rotatable bonds is 3. The Morgan fingerprint density at radius 3 is 2.79 bits per heavy atom. The first-order chi connectivity index (χ1) is 11.5. The number of fused-ring (bicyclic) bond motifs is 1. The maximum Gasteiger partial charge on any atom is 0.253 e. The van der Waals surface area contributed by atoms with E-state index in [-0.39, 0.29) is 11.5 Å². The number of carbonyl (C=O) groups is 2. The summed E-state index contributed by atoms with van der Waals surface area (Å²) in [5.74, 6) is -1.04. The molecule has 0 aliphatic carbocycles. The van der Waals surface area contributed by atoms with Crippen molar-refractivity contribution >= 4 is 11.8 Å². The van der Waals surface area contributed by atoms with Gasteiger partial charge in [-0.1, -0.05) is 12.1 Å². The first-order valence-corrected chi connectivity index (χ1v) is 7.90. The van der Waals surface area contributed by atoms with Crippen LogP contribution in [0.1, 0.15) is 43.0 Å². The van der Waals surface area contributed by atoms with E-state index in [4.69, 9.17) is 0 Å². The normalized spacial score (nSPS) is 13.2. The lowest BCUT2D eigenvalue weighted by molar-refractivity contribution is 0.0942. The summed E-state index contributed by atoms with van der Waals surface area (Å²) in [7, 11) is 1.47. The summed E-state index contributed by atoms with van der Waals surface area (Å²) in [5.41, 5.74) is 4.62. The third kappa shape index (κ3) is 3.02. The van der Waals surface area contributed by atoms with Gasteiger partial charge in [0.25, 0.3) is 11.8 Å². The number of halogens is 1. The fourth-order valence-corrected chi connectivity index (χ4v) is 3.03. The molecule has 1 aliphatic rings. The Labute approximate surface area is 140 Å². The van der Waals surface area contributed by atoms with E-state index in [2.05, 4.69) is 10.6 Å². The van der Waals surface area contributed by atoms with Gasteiger partial charge in [0, 0.05) is 19.2 Å². The lowest BCUT2D eigenvalue weighted by atomic mass is 9.91. The van der Waals surface area contributed by atoms with Crippen molar-refractivity contribution < 1.29 is 14.0 Å². The maximum atomic E-state index is 14.1. The van der Waals surface area contributed by atoms with Gasteiger partial charge >= 0.3 is 0 Å².